The highest BCUT2D eigenvalue weighted by Gasteiger charge is 2.08. The second-order valence-electron chi connectivity index (χ2n) is 3.05. The highest BCUT2D eigenvalue weighted by atomic mass is 35.5. The Bertz CT molecular complexity index is 312. The molecule has 1 aromatic carbocycles. The largest absolute Gasteiger partial charge is 0.321 e. The molecule has 0 spiro atoms. The van der Waals surface area contributed by atoms with Gasteiger partial charge in [-0.3, -0.25) is 4.79 Å². The van der Waals surface area contributed by atoms with Crippen LogP contribution in [-0.4, -0.2) is 11.8 Å². The lowest BCUT2D eigenvalue weighted by Crippen LogP contribution is -2.30. The first-order valence-electron chi connectivity index (χ1n) is 4.10. The van der Waals surface area contributed by atoms with Gasteiger partial charge in [0.25, 0.3) is 0 Å². The van der Waals surface area contributed by atoms with Crippen LogP contribution < -0.4 is 5.73 Å². The lowest BCUT2D eigenvalue weighted by Gasteiger charge is -2.07. The summed E-state index contributed by atoms with van der Waals surface area (Å²) in [4.78, 5) is 10.9. The van der Waals surface area contributed by atoms with Gasteiger partial charge >= 0.3 is 0 Å². The molecular formula is C10H12ClNO. The van der Waals surface area contributed by atoms with Gasteiger partial charge in [0.15, 0.2) is 0 Å². The van der Waals surface area contributed by atoms with Crippen molar-refractivity contribution >= 4 is 17.4 Å². The first-order chi connectivity index (χ1) is 6.09. The zero-order valence-corrected chi connectivity index (χ0v) is 8.21. The summed E-state index contributed by atoms with van der Waals surface area (Å²) in [6.45, 7) is 1.50. The lowest BCUT2D eigenvalue weighted by molar-refractivity contribution is -0.118. The Labute approximate surface area is 82.7 Å². The summed E-state index contributed by atoms with van der Waals surface area (Å²) in [5, 5.41) is 0.674. The number of carbonyl (C=O) groups is 1. The number of rotatable bonds is 3. The summed E-state index contributed by atoms with van der Waals surface area (Å²) in [5.41, 5.74) is 6.60. The van der Waals surface area contributed by atoms with Crippen molar-refractivity contribution < 1.29 is 4.79 Å². The third kappa shape index (κ3) is 3.17. The molecule has 1 unspecified atom stereocenters. The van der Waals surface area contributed by atoms with Crippen LogP contribution in [0.15, 0.2) is 24.3 Å². The van der Waals surface area contributed by atoms with E-state index in [1.165, 1.54) is 6.92 Å². The number of nitrogens with two attached hydrogens (primary N) is 1. The average molecular weight is 198 g/mol. The van der Waals surface area contributed by atoms with Gasteiger partial charge < -0.3 is 5.73 Å². The lowest BCUT2D eigenvalue weighted by atomic mass is 10.0. The Morgan fingerprint density at radius 3 is 2.85 bits per heavy atom. The van der Waals surface area contributed by atoms with E-state index < -0.39 is 6.04 Å². The summed E-state index contributed by atoms with van der Waals surface area (Å²) in [6, 6.07) is 6.96. The van der Waals surface area contributed by atoms with E-state index >= 15 is 0 Å². The normalized spacial score (nSPS) is 12.5. The molecule has 0 saturated carbocycles. The van der Waals surface area contributed by atoms with Gasteiger partial charge in [0, 0.05) is 5.02 Å². The Kier molecular flexibility index (Phi) is 3.46. The van der Waals surface area contributed by atoms with Gasteiger partial charge in [-0.05, 0) is 31.0 Å². The number of halogens is 1. The fraction of sp³-hybridized carbons (Fsp3) is 0.300. The van der Waals surface area contributed by atoms with Gasteiger partial charge in [0.05, 0.1) is 6.04 Å². The van der Waals surface area contributed by atoms with Crippen LogP contribution in [0, 0.1) is 0 Å². The van der Waals surface area contributed by atoms with Crippen molar-refractivity contribution in [3.63, 3.8) is 0 Å². The van der Waals surface area contributed by atoms with Gasteiger partial charge in [-0.25, -0.2) is 0 Å². The van der Waals surface area contributed by atoms with E-state index in [1.807, 2.05) is 18.2 Å². The number of benzene rings is 1. The van der Waals surface area contributed by atoms with Crippen LogP contribution in [0.3, 0.4) is 0 Å². The Morgan fingerprint density at radius 1 is 1.62 bits per heavy atom. The van der Waals surface area contributed by atoms with Crippen molar-refractivity contribution in [3.05, 3.63) is 34.9 Å². The molecule has 3 heteroatoms. The molecule has 2 nitrogen and oxygen atoms in total. The van der Waals surface area contributed by atoms with E-state index in [2.05, 4.69) is 0 Å². The highest BCUT2D eigenvalue weighted by Crippen LogP contribution is 2.11. The van der Waals surface area contributed by atoms with E-state index in [-0.39, 0.29) is 5.78 Å². The number of ketones is 1. The predicted molar refractivity (Wildman–Crippen MR) is 53.8 cm³/mol. The molecule has 0 aromatic heterocycles. The quantitative estimate of drug-likeness (QED) is 0.803. The fourth-order valence-electron chi connectivity index (χ4n) is 1.06. The van der Waals surface area contributed by atoms with Crippen LogP contribution in [-0.2, 0) is 11.2 Å². The molecule has 0 heterocycles. The van der Waals surface area contributed by atoms with Crippen molar-refractivity contribution in [2.45, 2.75) is 19.4 Å². The van der Waals surface area contributed by atoms with Crippen LogP contribution in [0.25, 0.3) is 0 Å². The maximum absolute atomic E-state index is 10.9. The minimum absolute atomic E-state index is 0.0000227. The molecule has 0 bridgehead atoms. The zero-order valence-electron chi connectivity index (χ0n) is 7.46. The molecule has 0 aliphatic rings. The van der Waals surface area contributed by atoms with Crippen molar-refractivity contribution in [2.24, 2.45) is 5.73 Å². The summed E-state index contributed by atoms with van der Waals surface area (Å²) in [5.74, 6) is -0.0000227. The molecule has 0 saturated heterocycles. The Balaban J connectivity index is 2.69. The summed E-state index contributed by atoms with van der Waals surface area (Å²) in [7, 11) is 0. The summed E-state index contributed by atoms with van der Waals surface area (Å²) < 4.78 is 0. The molecule has 1 aromatic rings. The van der Waals surface area contributed by atoms with Crippen molar-refractivity contribution in [2.75, 3.05) is 0 Å². The van der Waals surface area contributed by atoms with Gasteiger partial charge in [-0.1, -0.05) is 23.7 Å². The number of hydrogen-bond donors (Lipinski definition) is 1. The molecule has 0 fully saturated rings. The molecule has 0 radical (unpaired) electrons. The molecule has 1 atom stereocenters. The second-order valence-corrected chi connectivity index (χ2v) is 3.49. The van der Waals surface area contributed by atoms with Crippen molar-refractivity contribution in [3.8, 4) is 0 Å². The van der Waals surface area contributed by atoms with Gasteiger partial charge in [0.1, 0.15) is 5.78 Å². The topological polar surface area (TPSA) is 43.1 Å². The Morgan fingerprint density at radius 2 is 2.31 bits per heavy atom. The zero-order chi connectivity index (χ0) is 9.84. The molecule has 2 N–H and O–H groups in total. The third-order valence-electron chi connectivity index (χ3n) is 1.87. The first kappa shape index (κ1) is 10.2. The molecule has 13 heavy (non-hydrogen) atoms. The van der Waals surface area contributed by atoms with Crippen molar-refractivity contribution in [1.29, 1.82) is 0 Å². The highest BCUT2D eigenvalue weighted by molar-refractivity contribution is 6.30. The van der Waals surface area contributed by atoms with Crippen LogP contribution in [0.2, 0.25) is 5.02 Å². The first-order valence-corrected chi connectivity index (χ1v) is 4.48. The molecule has 0 amide bonds. The standard InChI is InChI=1S/C10H12ClNO/c1-7(13)10(12)6-8-3-2-4-9(11)5-8/h2-5,10H,6,12H2,1H3. The SMILES string of the molecule is CC(=O)C(N)Cc1cccc(Cl)c1. The second kappa shape index (κ2) is 4.40. The van der Waals surface area contributed by atoms with E-state index in [4.69, 9.17) is 17.3 Å². The summed E-state index contributed by atoms with van der Waals surface area (Å²) in [6.07, 6.45) is 0.551. The number of Topliss-reactive ketones (excluding diaryl/α,β-unsaturated/α-hetero) is 1. The maximum atomic E-state index is 10.9. The van der Waals surface area contributed by atoms with Crippen LogP contribution in [0.4, 0.5) is 0 Å². The Hall–Kier alpha value is -0.860. The van der Waals surface area contributed by atoms with E-state index in [0.717, 1.165) is 5.56 Å². The van der Waals surface area contributed by atoms with Crippen LogP contribution >= 0.6 is 11.6 Å². The summed E-state index contributed by atoms with van der Waals surface area (Å²) >= 11 is 5.78. The minimum Gasteiger partial charge on any atom is -0.321 e. The fourth-order valence-corrected chi connectivity index (χ4v) is 1.27. The van der Waals surface area contributed by atoms with Crippen LogP contribution in [0.1, 0.15) is 12.5 Å². The van der Waals surface area contributed by atoms with E-state index in [1.54, 1.807) is 6.07 Å². The smallest absolute Gasteiger partial charge is 0.146 e. The van der Waals surface area contributed by atoms with Gasteiger partial charge in [-0.2, -0.15) is 0 Å². The minimum atomic E-state index is -0.418. The monoisotopic (exact) mass is 197 g/mol. The van der Waals surface area contributed by atoms with Gasteiger partial charge in [0.2, 0.25) is 0 Å². The average Bonchev–Trinajstić information content (AvgIpc) is 2.04. The molecule has 1 rings (SSSR count). The van der Waals surface area contributed by atoms with Crippen LogP contribution in [0.5, 0.6) is 0 Å². The molecular weight excluding hydrogens is 186 g/mol. The van der Waals surface area contributed by atoms with Gasteiger partial charge in [-0.15, -0.1) is 0 Å². The van der Waals surface area contributed by atoms with E-state index in [0.29, 0.717) is 11.4 Å². The molecule has 0 aliphatic carbocycles. The third-order valence-corrected chi connectivity index (χ3v) is 2.10. The number of carbonyl (C=O) groups excluding carboxylic acids is 1. The maximum Gasteiger partial charge on any atom is 0.146 e. The molecule has 0 aliphatic heterocycles. The number of hydrogen-bond acceptors (Lipinski definition) is 2. The predicted octanol–water partition coefficient (Wildman–Crippen LogP) is 1.80. The van der Waals surface area contributed by atoms with Crippen molar-refractivity contribution in [1.82, 2.24) is 0 Å². The molecule has 70 valence electrons. The van der Waals surface area contributed by atoms with E-state index in [9.17, 15) is 4.79 Å².